The van der Waals surface area contributed by atoms with Gasteiger partial charge < -0.3 is 5.32 Å². The molecule has 1 unspecified atom stereocenters. The lowest BCUT2D eigenvalue weighted by atomic mass is 10.2. The van der Waals surface area contributed by atoms with Gasteiger partial charge >= 0.3 is 0 Å². The van der Waals surface area contributed by atoms with Gasteiger partial charge in [0.05, 0.1) is 5.69 Å². The molecule has 1 atom stereocenters. The van der Waals surface area contributed by atoms with Crippen molar-refractivity contribution in [3.05, 3.63) is 23.8 Å². The first-order valence-corrected chi connectivity index (χ1v) is 5.10. The van der Waals surface area contributed by atoms with E-state index in [4.69, 9.17) is 0 Å². The quantitative estimate of drug-likeness (QED) is 0.789. The molecule has 0 aromatic carbocycles. The summed E-state index contributed by atoms with van der Waals surface area (Å²) in [6.45, 7) is 7.35. The molecule has 0 amide bonds. The molecule has 0 radical (unpaired) electrons. The van der Waals surface area contributed by atoms with E-state index < -0.39 is 0 Å². The minimum absolute atomic E-state index is 0.488. The first kappa shape index (κ1) is 9.59. The summed E-state index contributed by atoms with van der Waals surface area (Å²) in [4.78, 5) is 8.42. The first-order valence-electron chi connectivity index (χ1n) is 5.10. The highest BCUT2D eigenvalue weighted by molar-refractivity contribution is 5.05. The van der Waals surface area contributed by atoms with Gasteiger partial charge in [-0.1, -0.05) is 13.8 Å². The van der Waals surface area contributed by atoms with Gasteiger partial charge in [-0.15, -0.1) is 0 Å². The lowest BCUT2D eigenvalue weighted by molar-refractivity contribution is 0.538. The second-order valence-corrected chi connectivity index (χ2v) is 4.72. The molecule has 0 spiro atoms. The van der Waals surface area contributed by atoms with Gasteiger partial charge in [-0.05, 0) is 24.8 Å². The van der Waals surface area contributed by atoms with Crippen LogP contribution in [0.3, 0.4) is 0 Å². The van der Waals surface area contributed by atoms with Gasteiger partial charge in [0.2, 0.25) is 0 Å². The van der Waals surface area contributed by atoms with E-state index in [2.05, 4.69) is 29.1 Å². The van der Waals surface area contributed by atoms with Crippen molar-refractivity contribution in [3.63, 3.8) is 0 Å². The second kappa shape index (κ2) is 3.31. The number of nitrogens with one attached hydrogen (secondary N) is 1. The lowest BCUT2D eigenvalue weighted by Crippen LogP contribution is -2.20. The van der Waals surface area contributed by atoms with Crippen molar-refractivity contribution in [1.82, 2.24) is 15.3 Å². The van der Waals surface area contributed by atoms with Crippen LogP contribution in [-0.4, -0.2) is 16.0 Å². The zero-order valence-corrected chi connectivity index (χ0v) is 9.04. The third kappa shape index (κ3) is 2.10. The standard InChI is InChI=1S/C11H17N3/c1-8-12-5-4-9(14-8)7-13-10-6-11(10,2)3/h4-5,10,13H,6-7H2,1-3H3. The van der Waals surface area contributed by atoms with Crippen LogP contribution in [0.4, 0.5) is 0 Å². The van der Waals surface area contributed by atoms with Crippen molar-refractivity contribution < 1.29 is 0 Å². The maximum Gasteiger partial charge on any atom is 0.125 e. The SMILES string of the molecule is Cc1nccc(CNC2CC2(C)C)n1. The van der Waals surface area contributed by atoms with E-state index in [-0.39, 0.29) is 0 Å². The predicted molar refractivity (Wildman–Crippen MR) is 55.8 cm³/mol. The molecule has 1 saturated carbocycles. The Hall–Kier alpha value is -0.960. The zero-order chi connectivity index (χ0) is 10.2. The van der Waals surface area contributed by atoms with Crippen molar-refractivity contribution in [2.24, 2.45) is 5.41 Å². The number of nitrogens with zero attached hydrogens (tertiary/aromatic N) is 2. The largest absolute Gasteiger partial charge is 0.308 e. The van der Waals surface area contributed by atoms with Crippen LogP contribution in [0.15, 0.2) is 12.3 Å². The molecule has 0 bridgehead atoms. The molecule has 14 heavy (non-hydrogen) atoms. The maximum absolute atomic E-state index is 4.35. The number of aromatic nitrogens is 2. The summed E-state index contributed by atoms with van der Waals surface area (Å²) in [7, 11) is 0. The minimum Gasteiger partial charge on any atom is -0.308 e. The van der Waals surface area contributed by atoms with Gasteiger partial charge in [0.1, 0.15) is 5.82 Å². The molecule has 1 aliphatic carbocycles. The smallest absolute Gasteiger partial charge is 0.125 e. The van der Waals surface area contributed by atoms with E-state index in [0.29, 0.717) is 11.5 Å². The van der Waals surface area contributed by atoms with Crippen molar-refractivity contribution in [2.75, 3.05) is 0 Å². The van der Waals surface area contributed by atoms with E-state index in [1.165, 1.54) is 6.42 Å². The Kier molecular flexibility index (Phi) is 2.27. The normalized spacial score (nSPS) is 23.5. The molecule has 1 fully saturated rings. The van der Waals surface area contributed by atoms with Crippen LogP contribution < -0.4 is 5.32 Å². The van der Waals surface area contributed by atoms with Crippen LogP contribution in [0.5, 0.6) is 0 Å². The topological polar surface area (TPSA) is 37.8 Å². The Morgan fingerprint density at radius 1 is 1.57 bits per heavy atom. The lowest BCUT2D eigenvalue weighted by Gasteiger charge is -2.05. The average molecular weight is 191 g/mol. The fraction of sp³-hybridized carbons (Fsp3) is 0.636. The number of hydrogen-bond donors (Lipinski definition) is 1. The predicted octanol–water partition coefficient (Wildman–Crippen LogP) is 1.67. The summed E-state index contributed by atoms with van der Waals surface area (Å²) in [6.07, 6.45) is 3.09. The van der Waals surface area contributed by atoms with Crippen LogP contribution in [0.2, 0.25) is 0 Å². The highest BCUT2D eigenvalue weighted by Gasteiger charge is 2.44. The molecule has 1 aliphatic rings. The van der Waals surface area contributed by atoms with Gasteiger partial charge in [-0.2, -0.15) is 0 Å². The summed E-state index contributed by atoms with van der Waals surface area (Å²) in [5.74, 6) is 0.847. The molecular weight excluding hydrogens is 174 g/mol. The van der Waals surface area contributed by atoms with E-state index in [1.54, 1.807) is 0 Å². The Bertz CT molecular complexity index is 333. The molecular formula is C11H17N3. The second-order valence-electron chi connectivity index (χ2n) is 4.72. The van der Waals surface area contributed by atoms with Crippen LogP contribution in [0.1, 0.15) is 31.8 Å². The third-order valence-corrected chi connectivity index (χ3v) is 2.88. The minimum atomic E-state index is 0.488. The molecule has 3 heteroatoms. The average Bonchev–Trinajstić information content (AvgIpc) is 2.71. The Morgan fingerprint density at radius 2 is 2.29 bits per heavy atom. The molecule has 1 N–H and O–H groups in total. The molecule has 1 heterocycles. The molecule has 3 nitrogen and oxygen atoms in total. The highest BCUT2D eigenvalue weighted by atomic mass is 15.0. The highest BCUT2D eigenvalue weighted by Crippen LogP contribution is 2.44. The van der Waals surface area contributed by atoms with Crippen LogP contribution in [0, 0.1) is 12.3 Å². The van der Waals surface area contributed by atoms with E-state index in [9.17, 15) is 0 Å². The van der Waals surface area contributed by atoms with Gasteiger partial charge in [0, 0.05) is 18.8 Å². The first-order chi connectivity index (χ1) is 6.58. The van der Waals surface area contributed by atoms with E-state index >= 15 is 0 Å². The fourth-order valence-corrected chi connectivity index (χ4v) is 1.65. The number of hydrogen-bond acceptors (Lipinski definition) is 3. The number of aryl methyl sites for hydroxylation is 1. The van der Waals surface area contributed by atoms with Crippen LogP contribution in [0.25, 0.3) is 0 Å². The Labute approximate surface area is 85.0 Å². The van der Waals surface area contributed by atoms with Crippen molar-refractivity contribution in [1.29, 1.82) is 0 Å². The van der Waals surface area contributed by atoms with Crippen molar-refractivity contribution in [3.8, 4) is 0 Å². The third-order valence-electron chi connectivity index (χ3n) is 2.88. The molecule has 0 saturated heterocycles. The van der Waals surface area contributed by atoms with E-state index in [0.717, 1.165) is 18.1 Å². The van der Waals surface area contributed by atoms with Gasteiger partial charge in [-0.3, -0.25) is 0 Å². The number of rotatable bonds is 3. The van der Waals surface area contributed by atoms with Crippen molar-refractivity contribution >= 4 is 0 Å². The summed E-state index contributed by atoms with van der Waals surface area (Å²) in [6, 6.07) is 2.63. The van der Waals surface area contributed by atoms with Crippen LogP contribution >= 0.6 is 0 Å². The Morgan fingerprint density at radius 3 is 2.86 bits per heavy atom. The summed E-state index contributed by atoms with van der Waals surface area (Å²) >= 11 is 0. The van der Waals surface area contributed by atoms with Gasteiger partial charge in [-0.25, -0.2) is 9.97 Å². The summed E-state index contributed by atoms with van der Waals surface area (Å²) < 4.78 is 0. The fourth-order valence-electron chi connectivity index (χ4n) is 1.65. The maximum atomic E-state index is 4.35. The molecule has 2 rings (SSSR count). The monoisotopic (exact) mass is 191 g/mol. The van der Waals surface area contributed by atoms with Crippen molar-refractivity contribution in [2.45, 2.75) is 39.8 Å². The molecule has 76 valence electrons. The van der Waals surface area contributed by atoms with Gasteiger partial charge in [0.15, 0.2) is 0 Å². The molecule has 1 aromatic rings. The van der Waals surface area contributed by atoms with Crippen LogP contribution in [-0.2, 0) is 6.54 Å². The zero-order valence-electron chi connectivity index (χ0n) is 9.04. The summed E-state index contributed by atoms with van der Waals surface area (Å²) in [5, 5.41) is 3.50. The summed E-state index contributed by atoms with van der Waals surface area (Å²) in [5.41, 5.74) is 1.57. The Balaban J connectivity index is 1.87. The molecule has 1 aromatic heterocycles. The van der Waals surface area contributed by atoms with Gasteiger partial charge in [0.25, 0.3) is 0 Å². The molecule has 0 aliphatic heterocycles. The van der Waals surface area contributed by atoms with E-state index in [1.807, 2.05) is 19.2 Å².